The third-order valence-corrected chi connectivity index (χ3v) is 3.85. The van der Waals surface area contributed by atoms with Gasteiger partial charge in [-0.2, -0.15) is 0 Å². The second kappa shape index (κ2) is 10.3. The predicted molar refractivity (Wildman–Crippen MR) is 108 cm³/mol. The number of aromatic hydroxyl groups is 1. The smallest absolute Gasteiger partial charge is 0.194 e. The van der Waals surface area contributed by atoms with Crippen LogP contribution < -0.4 is 9.47 Å². The van der Waals surface area contributed by atoms with Crippen LogP contribution in [-0.2, 0) is 0 Å². The quantitative estimate of drug-likeness (QED) is 0.464. The third kappa shape index (κ3) is 7.19. The summed E-state index contributed by atoms with van der Waals surface area (Å²) in [5.41, 5.74) is 0. The number of halogens is 3. The second-order valence-electron chi connectivity index (χ2n) is 5.32. The highest BCUT2D eigenvalue weighted by Crippen LogP contribution is 2.36. The number of hydrogen-bond donors (Lipinski definition) is 2. The summed E-state index contributed by atoms with van der Waals surface area (Å²) < 4.78 is 10.4. The number of phenolic OH excluding ortho intramolecular Hbond substituents is 1. The molecule has 0 aliphatic carbocycles. The molecule has 0 aliphatic rings. The van der Waals surface area contributed by atoms with E-state index in [-0.39, 0.29) is 11.5 Å². The van der Waals surface area contributed by atoms with Crippen molar-refractivity contribution in [3.63, 3.8) is 0 Å². The van der Waals surface area contributed by atoms with Crippen LogP contribution in [0.3, 0.4) is 0 Å². The molecule has 0 saturated heterocycles. The zero-order valence-corrected chi connectivity index (χ0v) is 16.5. The Morgan fingerprint density at radius 3 is 1.96 bits per heavy atom. The van der Waals surface area contributed by atoms with Gasteiger partial charge in [0.2, 0.25) is 0 Å². The number of aliphatic hydroxyl groups excluding tert-OH is 1. The van der Waals surface area contributed by atoms with Crippen LogP contribution in [0.2, 0.25) is 15.1 Å². The van der Waals surface area contributed by atoms with Crippen molar-refractivity contribution in [1.29, 1.82) is 0 Å². The lowest BCUT2D eigenvalue weighted by Gasteiger charge is -2.09. The Hall–Kier alpha value is -2.11. The molecule has 1 unspecified atom stereocenters. The van der Waals surface area contributed by atoms with Crippen molar-refractivity contribution in [2.75, 3.05) is 0 Å². The molecule has 0 amide bonds. The average Bonchev–Trinajstić information content (AvgIpc) is 2.60. The van der Waals surface area contributed by atoms with E-state index in [0.717, 1.165) is 0 Å². The van der Waals surface area contributed by atoms with Gasteiger partial charge in [-0.05, 0) is 49.4 Å². The van der Waals surface area contributed by atoms with Crippen LogP contribution >= 0.6 is 34.8 Å². The van der Waals surface area contributed by atoms with E-state index in [0.29, 0.717) is 26.6 Å². The summed E-state index contributed by atoms with van der Waals surface area (Å²) in [6, 6.07) is 18.6. The molecule has 0 aliphatic heterocycles. The topological polar surface area (TPSA) is 58.9 Å². The number of para-hydroxylation sites is 1. The van der Waals surface area contributed by atoms with E-state index in [2.05, 4.69) is 0 Å². The molecule has 3 aromatic carbocycles. The minimum atomic E-state index is -0.734. The predicted octanol–water partition coefficient (Wildman–Crippen LogP) is 6.55. The highest BCUT2D eigenvalue weighted by molar-refractivity contribution is 6.35. The highest BCUT2D eigenvalue weighted by atomic mass is 35.5. The Morgan fingerprint density at radius 2 is 1.41 bits per heavy atom. The zero-order chi connectivity index (χ0) is 19.8. The first-order valence-corrected chi connectivity index (χ1v) is 8.99. The minimum Gasteiger partial charge on any atom is -0.504 e. The summed E-state index contributed by atoms with van der Waals surface area (Å²) in [6.45, 7) is 1.58. The van der Waals surface area contributed by atoms with Crippen LogP contribution in [0.4, 0.5) is 0 Å². The molecule has 0 saturated carbocycles. The molecular weight excluding hydrogens is 411 g/mol. The normalized spacial score (nSPS) is 11.1. The Morgan fingerprint density at radius 1 is 0.815 bits per heavy atom. The van der Waals surface area contributed by atoms with Gasteiger partial charge in [0.05, 0.1) is 5.02 Å². The van der Waals surface area contributed by atoms with Crippen molar-refractivity contribution in [2.24, 2.45) is 0 Å². The van der Waals surface area contributed by atoms with Crippen LogP contribution in [0.5, 0.6) is 23.0 Å². The number of rotatable bonds is 4. The summed E-state index contributed by atoms with van der Waals surface area (Å²) in [5.74, 6) is 1.33. The fraction of sp³-hybridized carbons (Fsp3) is 0.100. The van der Waals surface area contributed by atoms with E-state index < -0.39 is 6.29 Å². The standard InChI is InChI=1S/C12H7Cl3O2.C8H10O2/c13-7-1-3-11(9(15)5-7)17-12-4-2-8(14)6-10(12)16;1-7(9)10-8-5-3-2-4-6-8/h1-6,16H;2-7,9H,1H3. The molecule has 27 heavy (non-hydrogen) atoms. The molecular formula is C20H17Cl3O4. The lowest BCUT2D eigenvalue weighted by molar-refractivity contribution is -0.000289. The van der Waals surface area contributed by atoms with Crippen molar-refractivity contribution < 1.29 is 19.7 Å². The average molecular weight is 428 g/mol. The van der Waals surface area contributed by atoms with Crippen molar-refractivity contribution in [3.05, 3.63) is 81.8 Å². The summed E-state index contributed by atoms with van der Waals surface area (Å²) in [5, 5.41) is 19.7. The molecule has 0 spiro atoms. The molecule has 0 heterocycles. The molecule has 3 rings (SSSR count). The first-order chi connectivity index (χ1) is 12.8. The minimum absolute atomic E-state index is 0.0523. The van der Waals surface area contributed by atoms with E-state index in [4.69, 9.17) is 49.4 Å². The Kier molecular flexibility index (Phi) is 8.07. The summed E-state index contributed by atoms with van der Waals surface area (Å²) in [7, 11) is 0. The zero-order valence-electron chi connectivity index (χ0n) is 14.3. The number of phenols is 1. The SMILES string of the molecule is CC(O)Oc1ccccc1.Oc1cc(Cl)ccc1Oc1ccc(Cl)cc1Cl. The van der Waals surface area contributed by atoms with Crippen LogP contribution in [0.25, 0.3) is 0 Å². The molecule has 1 atom stereocenters. The van der Waals surface area contributed by atoms with Crippen molar-refractivity contribution >= 4 is 34.8 Å². The largest absolute Gasteiger partial charge is 0.504 e. The van der Waals surface area contributed by atoms with Crippen LogP contribution in [0, 0.1) is 0 Å². The molecule has 0 bridgehead atoms. The Bertz CT molecular complexity index is 821. The van der Waals surface area contributed by atoms with Gasteiger partial charge in [-0.25, -0.2) is 0 Å². The van der Waals surface area contributed by atoms with Crippen molar-refractivity contribution in [3.8, 4) is 23.0 Å². The van der Waals surface area contributed by atoms with Crippen LogP contribution in [-0.4, -0.2) is 16.5 Å². The molecule has 142 valence electrons. The van der Waals surface area contributed by atoms with Gasteiger partial charge in [0.25, 0.3) is 0 Å². The monoisotopic (exact) mass is 426 g/mol. The first kappa shape index (κ1) is 21.2. The van der Waals surface area contributed by atoms with Gasteiger partial charge < -0.3 is 19.7 Å². The highest BCUT2D eigenvalue weighted by Gasteiger charge is 2.08. The maximum atomic E-state index is 9.62. The molecule has 7 heteroatoms. The fourth-order valence-corrected chi connectivity index (χ4v) is 2.56. The van der Waals surface area contributed by atoms with Crippen molar-refractivity contribution in [2.45, 2.75) is 13.2 Å². The second-order valence-corrected chi connectivity index (χ2v) is 6.60. The van der Waals surface area contributed by atoms with E-state index in [9.17, 15) is 5.11 Å². The van der Waals surface area contributed by atoms with Crippen LogP contribution in [0.1, 0.15) is 6.92 Å². The van der Waals surface area contributed by atoms with Gasteiger partial charge in [-0.1, -0.05) is 53.0 Å². The summed E-state index contributed by atoms with van der Waals surface area (Å²) in [6.07, 6.45) is -0.734. The number of ether oxygens (including phenoxy) is 2. The van der Waals surface area contributed by atoms with E-state index in [1.165, 1.54) is 6.07 Å². The molecule has 0 aromatic heterocycles. The van der Waals surface area contributed by atoms with Gasteiger partial charge >= 0.3 is 0 Å². The first-order valence-electron chi connectivity index (χ1n) is 7.86. The molecule has 2 N–H and O–H groups in total. The number of aliphatic hydroxyl groups is 1. The number of benzene rings is 3. The maximum absolute atomic E-state index is 9.62. The van der Waals surface area contributed by atoms with Crippen molar-refractivity contribution in [1.82, 2.24) is 0 Å². The maximum Gasteiger partial charge on any atom is 0.194 e. The van der Waals surface area contributed by atoms with E-state index >= 15 is 0 Å². The van der Waals surface area contributed by atoms with E-state index in [1.54, 1.807) is 49.4 Å². The lowest BCUT2D eigenvalue weighted by Crippen LogP contribution is -2.08. The van der Waals surface area contributed by atoms with Gasteiger partial charge in [0, 0.05) is 16.1 Å². The molecule has 3 aromatic rings. The number of hydrogen-bond acceptors (Lipinski definition) is 4. The Balaban J connectivity index is 0.000000223. The Labute approximate surface area is 172 Å². The van der Waals surface area contributed by atoms with Gasteiger partial charge in [-0.3, -0.25) is 0 Å². The third-order valence-electron chi connectivity index (χ3n) is 3.08. The summed E-state index contributed by atoms with van der Waals surface area (Å²) in [4.78, 5) is 0. The van der Waals surface area contributed by atoms with Gasteiger partial charge in [0.1, 0.15) is 11.5 Å². The summed E-state index contributed by atoms with van der Waals surface area (Å²) >= 11 is 17.4. The molecule has 0 fully saturated rings. The molecule has 0 radical (unpaired) electrons. The van der Waals surface area contributed by atoms with Crippen LogP contribution in [0.15, 0.2) is 66.7 Å². The van der Waals surface area contributed by atoms with Gasteiger partial charge in [0.15, 0.2) is 17.8 Å². The molecule has 4 nitrogen and oxygen atoms in total. The fourth-order valence-electron chi connectivity index (χ4n) is 1.95. The lowest BCUT2D eigenvalue weighted by atomic mass is 10.3. The van der Waals surface area contributed by atoms with E-state index in [1.807, 2.05) is 18.2 Å². The van der Waals surface area contributed by atoms with Gasteiger partial charge in [-0.15, -0.1) is 0 Å².